The lowest BCUT2D eigenvalue weighted by atomic mass is 9.92. The van der Waals surface area contributed by atoms with E-state index in [1.807, 2.05) is 26.0 Å². The predicted molar refractivity (Wildman–Crippen MR) is 105 cm³/mol. The number of rotatable bonds is 6. The van der Waals surface area contributed by atoms with Crippen molar-refractivity contribution < 1.29 is 9.53 Å². The largest absolute Gasteiger partial charge is 0.483 e. The van der Waals surface area contributed by atoms with Crippen LogP contribution in [-0.2, 0) is 4.79 Å². The molecule has 0 aliphatic heterocycles. The standard InChI is InChI=1S/C22H29NO2/c1-14(2)18-8-7-9-19(15(3)4)22(18)23-21(24)13-25-20-11-10-16(5)12-17(20)6/h7-12,14-15H,13H2,1-6H3,(H,23,24). The fraction of sp³-hybridized carbons (Fsp3) is 0.409. The predicted octanol–water partition coefficient (Wildman–Crippen LogP) is 5.57. The monoisotopic (exact) mass is 339 g/mol. The van der Waals surface area contributed by atoms with Gasteiger partial charge in [0.15, 0.2) is 6.61 Å². The van der Waals surface area contributed by atoms with Crippen molar-refractivity contribution in [2.75, 3.05) is 11.9 Å². The molecule has 0 atom stereocenters. The zero-order valence-corrected chi connectivity index (χ0v) is 16.1. The van der Waals surface area contributed by atoms with Gasteiger partial charge in [0.05, 0.1) is 0 Å². The molecule has 3 heteroatoms. The molecule has 134 valence electrons. The number of aryl methyl sites for hydroxylation is 2. The Hall–Kier alpha value is -2.29. The second-order valence-corrected chi connectivity index (χ2v) is 7.23. The topological polar surface area (TPSA) is 38.3 Å². The quantitative estimate of drug-likeness (QED) is 0.747. The Morgan fingerprint density at radius 1 is 1.00 bits per heavy atom. The number of amides is 1. The number of hydrogen-bond acceptors (Lipinski definition) is 2. The lowest BCUT2D eigenvalue weighted by Crippen LogP contribution is -2.22. The van der Waals surface area contributed by atoms with Crippen LogP contribution in [0.1, 0.15) is 61.8 Å². The molecular formula is C22H29NO2. The van der Waals surface area contributed by atoms with E-state index < -0.39 is 0 Å². The van der Waals surface area contributed by atoms with Gasteiger partial charge >= 0.3 is 0 Å². The average molecular weight is 339 g/mol. The van der Waals surface area contributed by atoms with Crippen LogP contribution in [-0.4, -0.2) is 12.5 Å². The summed E-state index contributed by atoms with van der Waals surface area (Å²) in [5.41, 5.74) is 5.47. The Balaban J connectivity index is 2.14. The molecule has 0 heterocycles. The second kappa shape index (κ2) is 8.19. The first kappa shape index (κ1) is 19.0. The molecule has 2 aromatic rings. The van der Waals surface area contributed by atoms with E-state index >= 15 is 0 Å². The summed E-state index contributed by atoms with van der Waals surface area (Å²) in [5, 5.41) is 3.08. The van der Waals surface area contributed by atoms with Crippen LogP contribution in [0.3, 0.4) is 0 Å². The fourth-order valence-corrected chi connectivity index (χ4v) is 2.98. The second-order valence-electron chi connectivity index (χ2n) is 7.23. The number of ether oxygens (including phenoxy) is 1. The van der Waals surface area contributed by atoms with E-state index in [0.29, 0.717) is 11.8 Å². The van der Waals surface area contributed by atoms with Crippen LogP contribution in [0.5, 0.6) is 5.75 Å². The third-order valence-corrected chi connectivity index (χ3v) is 4.33. The van der Waals surface area contributed by atoms with E-state index in [-0.39, 0.29) is 12.5 Å². The Morgan fingerprint density at radius 2 is 1.60 bits per heavy atom. The van der Waals surface area contributed by atoms with Gasteiger partial charge < -0.3 is 10.1 Å². The van der Waals surface area contributed by atoms with E-state index in [0.717, 1.165) is 28.1 Å². The van der Waals surface area contributed by atoms with Crippen LogP contribution >= 0.6 is 0 Å². The number of para-hydroxylation sites is 1. The van der Waals surface area contributed by atoms with Crippen molar-refractivity contribution in [1.82, 2.24) is 0 Å². The number of nitrogens with one attached hydrogen (secondary N) is 1. The maximum absolute atomic E-state index is 12.5. The van der Waals surface area contributed by atoms with Gasteiger partial charge in [-0.25, -0.2) is 0 Å². The molecule has 0 fully saturated rings. The van der Waals surface area contributed by atoms with Gasteiger partial charge in [-0.1, -0.05) is 63.6 Å². The van der Waals surface area contributed by atoms with Gasteiger partial charge in [0.1, 0.15) is 5.75 Å². The number of carbonyl (C=O) groups is 1. The highest BCUT2D eigenvalue weighted by Crippen LogP contribution is 2.32. The van der Waals surface area contributed by atoms with Crippen molar-refractivity contribution in [3.8, 4) is 5.75 Å². The molecule has 0 radical (unpaired) electrons. The van der Waals surface area contributed by atoms with Gasteiger partial charge in [-0.2, -0.15) is 0 Å². The van der Waals surface area contributed by atoms with Gasteiger partial charge in [0, 0.05) is 5.69 Å². The highest BCUT2D eigenvalue weighted by Gasteiger charge is 2.16. The highest BCUT2D eigenvalue weighted by molar-refractivity contribution is 5.93. The van der Waals surface area contributed by atoms with E-state index in [2.05, 4.69) is 57.3 Å². The summed E-state index contributed by atoms with van der Waals surface area (Å²) in [6, 6.07) is 12.2. The Morgan fingerprint density at radius 3 is 2.12 bits per heavy atom. The van der Waals surface area contributed by atoms with Gasteiger partial charge in [-0.15, -0.1) is 0 Å². The lowest BCUT2D eigenvalue weighted by molar-refractivity contribution is -0.118. The van der Waals surface area contributed by atoms with Crippen molar-refractivity contribution in [2.24, 2.45) is 0 Å². The minimum absolute atomic E-state index is 0.00780. The maximum atomic E-state index is 12.5. The number of benzene rings is 2. The third-order valence-electron chi connectivity index (χ3n) is 4.33. The summed E-state index contributed by atoms with van der Waals surface area (Å²) < 4.78 is 5.71. The molecule has 0 saturated heterocycles. The molecule has 0 aromatic heterocycles. The molecule has 2 rings (SSSR count). The molecular weight excluding hydrogens is 310 g/mol. The van der Waals surface area contributed by atoms with Crippen LogP contribution in [0, 0.1) is 13.8 Å². The molecule has 1 N–H and O–H groups in total. The Labute approximate surface area is 151 Å². The molecule has 0 unspecified atom stereocenters. The van der Waals surface area contributed by atoms with Gasteiger partial charge in [0.25, 0.3) is 5.91 Å². The zero-order chi connectivity index (χ0) is 18.6. The summed E-state index contributed by atoms with van der Waals surface area (Å²) in [6.45, 7) is 12.6. The van der Waals surface area contributed by atoms with E-state index in [9.17, 15) is 4.79 Å². The average Bonchev–Trinajstić information content (AvgIpc) is 2.53. The third kappa shape index (κ3) is 4.85. The Bertz CT molecular complexity index is 721. The molecule has 1 amide bonds. The van der Waals surface area contributed by atoms with Crippen LogP contribution in [0.4, 0.5) is 5.69 Å². The summed E-state index contributed by atoms with van der Waals surface area (Å²) in [6.07, 6.45) is 0. The lowest BCUT2D eigenvalue weighted by Gasteiger charge is -2.20. The summed E-state index contributed by atoms with van der Waals surface area (Å²) in [4.78, 5) is 12.5. The molecule has 0 aliphatic carbocycles. The first-order valence-electron chi connectivity index (χ1n) is 8.92. The minimum atomic E-state index is -0.130. The van der Waals surface area contributed by atoms with Crippen LogP contribution in [0.2, 0.25) is 0 Å². The van der Waals surface area contributed by atoms with Crippen LogP contribution in [0.25, 0.3) is 0 Å². The smallest absolute Gasteiger partial charge is 0.262 e. The zero-order valence-electron chi connectivity index (χ0n) is 16.1. The fourth-order valence-electron chi connectivity index (χ4n) is 2.98. The number of carbonyl (C=O) groups excluding carboxylic acids is 1. The Kier molecular flexibility index (Phi) is 6.24. The van der Waals surface area contributed by atoms with Gasteiger partial charge in [-0.05, 0) is 48.4 Å². The van der Waals surface area contributed by atoms with Gasteiger partial charge in [-0.3, -0.25) is 4.79 Å². The summed E-state index contributed by atoms with van der Waals surface area (Å²) >= 11 is 0. The van der Waals surface area contributed by atoms with Gasteiger partial charge in [0.2, 0.25) is 0 Å². The first-order chi connectivity index (χ1) is 11.8. The maximum Gasteiger partial charge on any atom is 0.262 e. The molecule has 25 heavy (non-hydrogen) atoms. The molecule has 3 nitrogen and oxygen atoms in total. The minimum Gasteiger partial charge on any atom is -0.483 e. The number of hydrogen-bond donors (Lipinski definition) is 1. The SMILES string of the molecule is Cc1ccc(OCC(=O)Nc2c(C(C)C)cccc2C(C)C)c(C)c1. The van der Waals surface area contributed by atoms with Crippen molar-refractivity contribution >= 4 is 11.6 Å². The normalized spacial score (nSPS) is 11.0. The molecule has 0 saturated carbocycles. The summed E-state index contributed by atoms with van der Waals surface area (Å²) in [7, 11) is 0. The van der Waals surface area contributed by atoms with Crippen molar-refractivity contribution in [3.05, 3.63) is 58.7 Å². The van der Waals surface area contributed by atoms with Crippen molar-refractivity contribution in [3.63, 3.8) is 0 Å². The van der Waals surface area contributed by atoms with Crippen molar-refractivity contribution in [1.29, 1.82) is 0 Å². The summed E-state index contributed by atoms with van der Waals surface area (Å²) in [5.74, 6) is 1.31. The van der Waals surface area contributed by atoms with E-state index in [1.165, 1.54) is 5.56 Å². The molecule has 0 aliphatic rings. The van der Waals surface area contributed by atoms with E-state index in [4.69, 9.17) is 4.74 Å². The highest BCUT2D eigenvalue weighted by atomic mass is 16.5. The van der Waals surface area contributed by atoms with Crippen LogP contribution in [0.15, 0.2) is 36.4 Å². The molecule has 0 bridgehead atoms. The van der Waals surface area contributed by atoms with Crippen LogP contribution < -0.4 is 10.1 Å². The van der Waals surface area contributed by atoms with E-state index in [1.54, 1.807) is 0 Å². The molecule has 0 spiro atoms. The number of anilines is 1. The first-order valence-corrected chi connectivity index (χ1v) is 8.92. The van der Waals surface area contributed by atoms with Crippen molar-refractivity contribution in [2.45, 2.75) is 53.4 Å². The molecule has 2 aromatic carbocycles.